The lowest BCUT2D eigenvalue weighted by Gasteiger charge is -2.09. The Kier molecular flexibility index (Phi) is 5.66. The van der Waals surface area contributed by atoms with Crippen LogP contribution in [0.3, 0.4) is 0 Å². The van der Waals surface area contributed by atoms with Crippen LogP contribution >= 0.6 is 0 Å². The van der Waals surface area contributed by atoms with Crippen molar-refractivity contribution < 1.29 is 24.2 Å². The van der Waals surface area contributed by atoms with Crippen molar-refractivity contribution in [1.82, 2.24) is 0 Å². The minimum Gasteiger partial charge on any atom is -0.482 e. The molecule has 1 aromatic carbocycles. The molecule has 0 bridgehead atoms. The average molecular weight is 267 g/mol. The number of amides is 1. The van der Waals surface area contributed by atoms with Gasteiger partial charge in [-0.25, -0.2) is 9.59 Å². The van der Waals surface area contributed by atoms with Crippen LogP contribution in [-0.4, -0.2) is 30.4 Å². The van der Waals surface area contributed by atoms with E-state index >= 15 is 0 Å². The van der Waals surface area contributed by atoms with Crippen molar-refractivity contribution in [3.05, 3.63) is 24.3 Å². The van der Waals surface area contributed by atoms with Crippen LogP contribution in [0.4, 0.5) is 10.5 Å². The lowest BCUT2D eigenvalue weighted by molar-refractivity contribution is -0.139. The van der Waals surface area contributed by atoms with E-state index in [1.54, 1.807) is 24.3 Å². The van der Waals surface area contributed by atoms with Crippen LogP contribution in [0.2, 0.25) is 0 Å². The van der Waals surface area contributed by atoms with Crippen molar-refractivity contribution in [2.24, 2.45) is 5.92 Å². The molecule has 0 radical (unpaired) electrons. The fourth-order valence-electron chi connectivity index (χ4n) is 1.18. The summed E-state index contributed by atoms with van der Waals surface area (Å²) in [5, 5.41) is 11.0. The Hall–Kier alpha value is -2.24. The number of hydrogen-bond donors (Lipinski definition) is 2. The molecule has 0 aliphatic carbocycles. The van der Waals surface area contributed by atoms with Gasteiger partial charge in [0, 0.05) is 5.69 Å². The van der Waals surface area contributed by atoms with E-state index in [9.17, 15) is 9.59 Å². The molecule has 6 heteroatoms. The summed E-state index contributed by atoms with van der Waals surface area (Å²) >= 11 is 0. The fourth-order valence-corrected chi connectivity index (χ4v) is 1.18. The van der Waals surface area contributed by atoms with E-state index in [4.69, 9.17) is 14.6 Å². The van der Waals surface area contributed by atoms with Crippen molar-refractivity contribution >= 4 is 17.7 Å². The van der Waals surface area contributed by atoms with Crippen molar-refractivity contribution in [3.8, 4) is 5.75 Å². The SMILES string of the molecule is CC(C)COC(=O)Nc1ccc(OCC(=O)O)cc1. The minimum absolute atomic E-state index is 0.276. The Morgan fingerprint density at radius 2 is 1.89 bits per heavy atom. The number of nitrogens with one attached hydrogen (secondary N) is 1. The molecule has 0 unspecified atom stereocenters. The molecule has 1 rings (SSSR count). The smallest absolute Gasteiger partial charge is 0.411 e. The van der Waals surface area contributed by atoms with E-state index in [1.807, 2.05) is 13.8 Å². The molecule has 0 atom stereocenters. The molecule has 0 aliphatic rings. The number of anilines is 1. The molecule has 0 aromatic heterocycles. The lowest BCUT2D eigenvalue weighted by atomic mass is 10.2. The molecule has 0 heterocycles. The molecular formula is C13H17NO5. The predicted molar refractivity (Wildman–Crippen MR) is 69.4 cm³/mol. The van der Waals surface area contributed by atoms with E-state index in [1.165, 1.54) is 0 Å². The number of carbonyl (C=O) groups excluding carboxylic acids is 1. The molecule has 0 saturated heterocycles. The van der Waals surface area contributed by atoms with Crippen molar-refractivity contribution in [2.75, 3.05) is 18.5 Å². The molecule has 1 amide bonds. The van der Waals surface area contributed by atoms with Crippen LogP contribution in [0.1, 0.15) is 13.8 Å². The van der Waals surface area contributed by atoms with E-state index in [0.717, 1.165) is 0 Å². The number of carboxylic acid groups (broad SMARTS) is 1. The zero-order valence-corrected chi connectivity index (χ0v) is 10.9. The Bertz CT molecular complexity index is 427. The van der Waals surface area contributed by atoms with Gasteiger partial charge in [0.15, 0.2) is 6.61 Å². The first-order valence-electron chi connectivity index (χ1n) is 5.86. The second-order valence-corrected chi connectivity index (χ2v) is 4.32. The molecule has 0 saturated carbocycles. The predicted octanol–water partition coefficient (Wildman–Crippen LogP) is 2.35. The number of hydrogen-bond acceptors (Lipinski definition) is 4. The summed E-state index contributed by atoms with van der Waals surface area (Å²) in [4.78, 5) is 21.7. The largest absolute Gasteiger partial charge is 0.482 e. The first-order valence-corrected chi connectivity index (χ1v) is 5.86. The van der Waals surface area contributed by atoms with Gasteiger partial charge >= 0.3 is 12.1 Å². The maximum absolute atomic E-state index is 11.4. The third-order valence-corrected chi connectivity index (χ3v) is 2.01. The molecule has 0 spiro atoms. The average Bonchev–Trinajstić information content (AvgIpc) is 2.35. The number of aliphatic carboxylic acids is 1. The summed E-state index contributed by atoms with van der Waals surface area (Å²) in [6.45, 7) is 3.85. The topological polar surface area (TPSA) is 84.9 Å². The van der Waals surface area contributed by atoms with Gasteiger partial charge in [-0.3, -0.25) is 5.32 Å². The molecule has 19 heavy (non-hydrogen) atoms. The number of rotatable bonds is 6. The third kappa shape index (κ3) is 6.30. The highest BCUT2D eigenvalue weighted by Crippen LogP contribution is 2.15. The van der Waals surface area contributed by atoms with Gasteiger partial charge in [-0.15, -0.1) is 0 Å². The summed E-state index contributed by atoms with van der Waals surface area (Å²) in [7, 11) is 0. The van der Waals surface area contributed by atoms with Crippen LogP contribution in [-0.2, 0) is 9.53 Å². The molecular weight excluding hydrogens is 250 g/mol. The highest BCUT2D eigenvalue weighted by molar-refractivity contribution is 5.84. The number of ether oxygens (including phenoxy) is 2. The zero-order valence-electron chi connectivity index (χ0n) is 10.9. The van der Waals surface area contributed by atoms with E-state index in [0.29, 0.717) is 18.0 Å². The van der Waals surface area contributed by atoms with Crippen LogP contribution in [0.15, 0.2) is 24.3 Å². The first-order chi connectivity index (χ1) is 8.97. The number of carbonyl (C=O) groups is 2. The second-order valence-electron chi connectivity index (χ2n) is 4.32. The van der Waals surface area contributed by atoms with Gasteiger partial charge < -0.3 is 14.6 Å². The second kappa shape index (κ2) is 7.25. The van der Waals surface area contributed by atoms with E-state index < -0.39 is 18.7 Å². The molecule has 0 fully saturated rings. The molecule has 104 valence electrons. The molecule has 0 aliphatic heterocycles. The van der Waals surface area contributed by atoms with Crippen LogP contribution in [0.5, 0.6) is 5.75 Å². The fraction of sp³-hybridized carbons (Fsp3) is 0.385. The number of carboxylic acids is 1. The van der Waals surface area contributed by atoms with Gasteiger partial charge in [0.2, 0.25) is 0 Å². The first kappa shape index (κ1) is 14.8. The Balaban J connectivity index is 2.43. The van der Waals surface area contributed by atoms with Gasteiger partial charge in [0.25, 0.3) is 0 Å². The van der Waals surface area contributed by atoms with E-state index in [2.05, 4.69) is 5.32 Å². The molecule has 1 aromatic rings. The Morgan fingerprint density at radius 1 is 1.26 bits per heavy atom. The van der Waals surface area contributed by atoms with Gasteiger partial charge in [0.05, 0.1) is 6.61 Å². The van der Waals surface area contributed by atoms with Crippen LogP contribution < -0.4 is 10.1 Å². The van der Waals surface area contributed by atoms with Gasteiger partial charge in [0.1, 0.15) is 5.75 Å². The maximum atomic E-state index is 11.4. The maximum Gasteiger partial charge on any atom is 0.411 e. The lowest BCUT2D eigenvalue weighted by Crippen LogP contribution is -2.16. The minimum atomic E-state index is -1.04. The Morgan fingerprint density at radius 3 is 2.42 bits per heavy atom. The van der Waals surface area contributed by atoms with Crippen LogP contribution in [0.25, 0.3) is 0 Å². The summed E-state index contributed by atoms with van der Waals surface area (Å²) in [6.07, 6.45) is -0.520. The van der Waals surface area contributed by atoms with Gasteiger partial charge in [-0.05, 0) is 30.2 Å². The van der Waals surface area contributed by atoms with Crippen molar-refractivity contribution in [2.45, 2.75) is 13.8 Å². The number of benzene rings is 1. The molecule has 6 nitrogen and oxygen atoms in total. The van der Waals surface area contributed by atoms with Crippen molar-refractivity contribution in [1.29, 1.82) is 0 Å². The summed E-state index contributed by atoms with van der Waals surface area (Å²) in [6, 6.07) is 6.35. The van der Waals surface area contributed by atoms with Crippen molar-refractivity contribution in [3.63, 3.8) is 0 Å². The third-order valence-electron chi connectivity index (χ3n) is 2.01. The van der Waals surface area contributed by atoms with Gasteiger partial charge in [-0.2, -0.15) is 0 Å². The monoisotopic (exact) mass is 267 g/mol. The van der Waals surface area contributed by atoms with Gasteiger partial charge in [-0.1, -0.05) is 13.8 Å². The molecule has 2 N–H and O–H groups in total. The highest BCUT2D eigenvalue weighted by Gasteiger charge is 2.05. The Labute approximate surface area is 111 Å². The van der Waals surface area contributed by atoms with E-state index in [-0.39, 0.29) is 5.92 Å². The summed E-state index contributed by atoms with van der Waals surface area (Å²) < 4.78 is 9.92. The summed E-state index contributed by atoms with van der Waals surface area (Å²) in [5.74, 6) is -0.347. The standard InChI is InChI=1S/C13H17NO5/c1-9(2)7-19-13(17)14-10-3-5-11(6-4-10)18-8-12(15)16/h3-6,9H,7-8H2,1-2H3,(H,14,17)(H,15,16). The quantitative estimate of drug-likeness (QED) is 0.826. The zero-order chi connectivity index (χ0) is 14.3. The van der Waals surface area contributed by atoms with Crippen LogP contribution in [0, 0.1) is 5.92 Å². The highest BCUT2D eigenvalue weighted by atomic mass is 16.5. The summed E-state index contributed by atoms with van der Waals surface area (Å²) in [5.41, 5.74) is 0.552. The normalized spacial score (nSPS) is 10.1.